The van der Waals surface area contributed by atoms with Crippen LogP contribution in [0.25, 0.3) is 10.8 Å². The third-order valence-electron chi connectivity index (χ3n) is 2.84. The van der Waals surface area contributed by atoms with Crippen molar-refractivity contribution in [2.45, 2.75) is 32.8 Å². The lowest BCUT2D eigenvalue weighted by Gasteiger charge is -2.22. The van der Waals surface area contributed by atoms with E-state index in [1.807, 2.05) is 18.3 Å². The van der Waals surface area contributed by atoms with Crippen LogP contribution in [-0.4, -0.2) is 10.1 Å². The quantitative estimate of drug-likeness (QED) is 0.793. The lowest BCUT2D eigenvalue weighted by atomic mass is 9.83. The molecular weight excluding hydrogens is 198 g/mol. The summed E-state index contributed by atoms with van der Waals surface area (Å²) in [4.78, 5) is 4.15. The van der Waals surface area contributed by atoms with Crippen LogP contribution in [0.3, 0.4) is 0 Å². The molecule has 2 nitrogen and oxygen atoms in total. The Morgan fingerprint density at radius 1 is 1.19 bits per heavy atom. The van der Waals surface area contributed by atoms with Crippen molar-refractivity contribution >= 4 is 10.8 Å². The zero-order chi connectivity index (χ0) is 11.8. The number of hydrogen-bond donors (Lipinski definition) is 1. The van der Waals surface area contributed by atoms with Crippen LogP contribution >= 0.6 is 0 Å². The Kier molecular flexibility index (Phi) is 2.68. The Bertz CT molecular complexity index is 506. The van der Waals surface area contributed by atoms with Gasteiger partial charge in [-0.15, -0.1) is 0 Å². The third kappa shape index (κ3) is 1.81. The number of aliphatic hydroxyl groups excluding tert-OH is 1. The second kappa shape index (κ2) is 3.87. The fourth-order valence-corrected chi connectivity index (χ4v) is 2.05. The minimum absolute atomic E-state index is 0.0391. The van der Waals surface area contributed by atoms with E-state index < -0.39 is 0 Å². The number of aliphatic hydroxyl groups is 1. The van der Waals surface area contributed by atoms with Crippen LogP contribution in [0.5, 0.6) is 0 Å². The van der Waals surface area contributed by atoms with E-state index in [0.29, 0.717) is 0 Å². The Labute approximate surface area is 96.0 Å². The maximum atomic E-state index is 9.39. The van der Waals surface area contributed by atoms with Crippen molar-refractivity contribution in [3.8, 4) is 0 Å². The van der Waals surface area contributed by atoms with Crippen molar-refractivity contribution in [3.05, 3.63) is 41.7 Å². The van der Waals surface area contributed by atoms with Crippen molar-refractivity contribution in [3.63, 3.8) is 0 Å². The van der Waals surface area contributed by atoms with Gasteiger partial charge in [-0.3, -0.25) is 4.98 Å². The SMILES string of the molecule is CC(C)(C)c1cccc2cncc(CO)c12. The molecule has 1 aromatic carbocycles. The smallest absolute Gasteiger partial charge is 0.0703 e. The molecule has 0 amide bonds. The fraction of sp³-hybridized carbons (Fsp3) is 0.357. The summed E-state index contributed by atoms with van der Waals surface area (Å²) < 4.78 is 0. The lowest BCUT2D eigenvalue weighted by Crippen LogP contribution is -2.12. The maximum absolute atomic E-state index is 9.39. The molecular formula is C14H17NO. The average molecular weight is 215 g/mol. The fourth-order valence-electron chi connectivity index (χ4n) is 2.05. The van der Waals surface area contributed by atoms with Crippen molar-refractivity contribution in [2.75, 3.05) is 0 Å². The molecule has 0 radical (unpaired) electrons. The number of nitrogens with zero attached hydrogens (tertiary/aromatic N) is 1. The monoisotopic (exact) mass is 215 g/mol. The Hall–Kier alpha value is -1.41. The minimum atomic E-state index is 0.0391. The van der Waals surface area contributed by atoms with Gasteiger partial charge in [-0.05, 0) is 16.4 Å². The lowest BCUT2D eigenvalue weighted by molar-refractivity contribution is 0.283. The Morgan fingerprint density at radius 2 is 1.94 bits per heavy atom. The van der Waals surface area contributed by atoms with Gasteiger partial charge >= 0.3 is 0 Å². The van der Waals surface area contributed by atoms with Crippen molar-refractivity contribution in [1.82, 2.24) is 4.98 Å². The van der Waals surface area contributed by atoms with Crippen LogP contribution in [0.1, 0.15) is 31.9 Å². The molecule has 2 aromatic rings. The summed E-state index contributed by atoms with van der Waals surface area (Å²) >= 11 is 0. The summed E-state index contributed by atoms with van der Waals surface area (Å²) in [6.45, 7) is 6.59. The first-order valence-electron chi connectivity index (χ1n) is 5.51. The zero-order valence-electron chi connectivity index (χ0n) is 9.99. The highest BCUT2D eigenvalue weighted by Crippen LogP contribution is 2.31. The topological polar surface area (TPSA) is 33.1 Å². The van der Waals surface area contributed by atoms with Crippen LogP contribution in [0.15, 0.2) is 30.6 Å². The second-order valence-electron chi connectivity index (χ2n) is 5.11. The van der Waals surface area contributed by atoms with Crippen LogP contribution in [0, 0.1) is 0 Å². The van der Waals surface area contributed by atoms with Gasteiger partial charge in [-0.1, -0.05) is 39.0 Å². The number of benzene rings is 1. The van der Waals surface area contributed by atoms with E-state index in [1.54, 1.807) is 6.20 Å². The minimum Gasteiger partial charge on any atom is -0.392 e. The van der Waals surface area contributed by atoms with E-state index in [9.17, 15) is 5.11 Å². The predicted octanol–water partition coefficient (Wildman–Crippen LogP) is 3.02. The van der Waals surface area contributed by atoms with Gasteiger partial charge in [0.2, 0.25) is 0 Å². The zero-order valence-corrected chi connectivity index (χ0v) is 9.99. The molecule has 0 aliphatic heterocycles. The summed E-state index contributed by atoms with van der Waals surface area (Å²) in [5, 5.41) is 11.6. The van der Waals surface area contributed by atoms with E-state index in [1.165, 1.54) is 5.56 Å². The number of fused-ring (bicyclic) bond motifs is 1. The van der Waals surface area contributed by atoms with Crippen LogP contribution in [-0.2, 0) is 12.0 Å². The summed E-state index contributed by atoms with van der Waals surface area (Å²) in [5.74, 6) is 0. The Balaban J connectivity index is 2.84. The van der Waals surface area contributed by atoms with Gasteiger partial charge in [0.25, 0.3) is 0 Å². The molecule has 0 aliphatic carbocycles. The van der Waals surface area contributed by atoms with Gasteiger partial charge in [0.05, 0.1) is 6.61 Å². The van der Waals surface area contributed by atoms with Gasteiger partial charge in [-0.25, -0.2) is 0 Å². The van der Waals surface area contributed by atoms with Crippen molar-refractivity contribution < 1.29 is 5.11 Å². The molecule has 0 spiro atoms. The standard InChI is InChI=1S/C14H17NO/c1-14(2,3)12-6-4-5-10-7-15-8-11(9-16)13(10)12/h4-8,16H,9H2,1-3H3. The molecule has 0 unspecified atom stereocenters. The molecule has 1 heterocycles. The highest BCUT2D eigenvalue weighted by molar-refractivity contribution is 5.88. The molecule has 84 valence electrons. The predicted molar refractivity (Wildman–Crippen MR) is 66.4 cm³/mol. The van der Waals surface area contributed by atoms with Gasteiger partial charge in [0.1, 0.15) is 0 Å². The van der Waals surface area contributed by atoms with Gasteiger partial charge in [0.15, 0.2) is 0 Å². The van der Waals surface area contributed by atoms with Gasteiger partial charge < -0.3 is 5.11 Å². The number of pyridine rings is 1. The molecule has 0 saturated heterocycles. The van der Waals surface area contributed by atoms with Crippen LogP contribution in [0.4, 0.5) is 0 Å². The summed E-state index contributed by atoms with van der Waals surface area (Å²) in [6.07, 6.45) is 3.60. The highest BCUT2D eigenvalue weighted by atomic mass is 16.3. The first kappa shape index (κ1) is 11.1. The first-order valence-corrected chi connectivity index (χ1v) is 5.51. The largest absolute Gasteiger partial charge is 0.392 e. The van der Waals surface area contributed by atoms with E-state index in [2.05, 4.69) is 31.8 Å². The number of hydrogen-bond acceptors (Lipinski definition) is 2. The molecule has 0 saturated carbocycles. The van der Waals surface area contributed by atoms with Gasteiger partial charge in [-0.2, -0.15) is 0 Å². The first-order chi connectivity index (χ1) is 7.54. The molecule has 2 heteroatoms. The maximum Gasteiger partial charge on any atom is 0.0703 e. The Morgan fingerprint density at radius 3 is 2.56 bits per heavy atom. The molecule has 2 rings (SSSR count). The molecule has 0 atom stereocenters. The third-order valence-corrected chi connectivity index (χ3v) is 2.84. The van der Waals surface area contributed by atoms with Crippen molar-refractivity contribution in [1.29, 1.82) is 0 Å². The summed E-state index contributed by atoms with van der Waals surface area (Å²) in [6, 6.07) is 6.21. The van der Waals surface area contributed by atoms with E-state index in [-0.39, 0.29) is 12.0 Å². The van der Waals surface area contributed by atoms with E-state index in [0.717, 1.165) is 16.3 Å². The second-order valence-corrected chi connectivity index (χ2v) is 5.11. The molecule has 1 N–H and O–H groups in total. The number of rotatable bonds is 1. The number of aromatic nitrogens is 1. The normalized spacial score (nSPS) is 12.0. The van der Waals surface area contributed by atoms with Crippen molar-refractivity contribution in [2.24, 2.45) is 0 Å². The van der Waals surface area contributed by atoms with Crippen LogP contribution < -0.4 is 0 Å². The molecule has 0 fully saturated rings. The highest BCUT2D eigenvalue weighted by Gasteiger charge is 2.18. The van der Waals surface area contributed by atoms with E-state index >= 15 is 0 Å². The summed E-state index contributed by atoms with van der Waals surface area (Å²) in [7, 11) is 0. The van der Waals surface area contributed by atoms with Gasteiger partial charge in [0, 0.05) is 23.3 Å². The van der Waals surface area contributed by atoms with E-state index in [4.69, 9.17) is 0 Å². The molecule has 16 heavy (non-hydrogen) atoms. The molecule has 1 aromatic heterocycles. The average Bonchev–Trinajstić information content (AvgIpc) is 2.26. The summed E-state index contributed by atoms with van der Waals surface area (Å²) in [5.41, 5.74) is 2.24. The molecule has 0 aliphatic rings. The van der Waals surface area contributed by atoms with Crippen LogP contribution in [0.2, 0.25) is 0 Å². The molecule has 0 bridgehead atoms.